The van der Waals surface area contributed by atoms with Crippen LogP contribution in [0.4, 0.5) is 20.2 Å². The Labute approximate surface area is 167 Å². The Bertz CT molecular complexity index is 967. The second-order valence-corrected chi connectivity index (χ2v) is 6.81. The van der Waals surface area contributed by atoms with E-state index in [0.29, 0.717) is 37.6 Å². The van der Waals surface area contributed by atoms with Crippen molar-refractivity contribution in [3.63, 3.8) is 0 Å². The first kappa shape index (κ1) is 18.9. The minimum Gasteiger partial charge on any atom is -0.376 e. The largest absolute Gasteiger partial charge is 0.376 e. The normalized spacial score (nSPS) is 14.1. The predicted octanol–water partition coefficient (Wildman–Crippen LogP) is 2.91. The molecule has 6 nitrogen and oxygen atoms in total. The van der Waals surface area contributed by atoms with Gasteiger partial charge in [-0.05, 0) is 48.5 Å². The van der Waals surface area contributed by atoms with Crippen LogP contribution in [-0.2, 0) is 4.79 Å². The van der Waals surface area contributed by atoms with Crippen LogP contribution in [0.15, 0.2) is 60.9 Å². The summed E-state index contributed by atoms with van der Waals surface area (Å²) in [4.78, 5) is 16.4. The van der Waals surface area contributed by atoms with Gasteiger partial charge in [-0.1, -0.05) is 0 Å². The standard InChI is InChI=1S/C21H21F2N5O/c22-16-2-5-18(6-3-16)26-10-12-27(13-11-26)21(29)15-24-17-4-7-20(19(23)14-17)28-9-1-8-25-28/h1-9,14,24H,10-13,15H2. The molecule has 2 aromatic carbocycles. The van der Waals surface area contributed by atoms with Crippen molar-refractivity contribution in [2.75, 3.05) is 42.9 Å². The lowest BCUT2D eigenvalue weighted by atomic mass is 10.2. The Hall–Kier alpha value is -3.42. The molecule has 0 atom stereocenters. The average Bonchev–Trinajstić information content (AvgIpc) is 3.27. The molecule has 2 heterocycles. The zero-order valence-electron chi connectivity index (χ0n) is 15.8. The molecule has 150 valence electrons. The molecular formula is C21H21F2N5O. The van der Waals surface area contributed by atoms with Crippen LogP contribution in [0.1, 0.15) is 0 Å². The Kier molecular flexibility index (Phi) is 5.41. The van der Waals surface area contributed by atoms with E-state index in [0.717, 1.165) is 5.69 Å². The van der Waals surface area contributed by atoms with E-state index < -0.39 is 5.82 Å². The van der Waals surface area contributed by atoms with Crippen molar-refractivity contribution >= 4 is 17.3 Å². The number of amides is 1. The smallest absolute Gasteiger partial charge is 0.241 e. The van der Waals surface area contributed by atoms with Gasteiger partial charge in [-0.2, -0.15) is 5.10 Å². The molecule has 0 bridgehead atoms. The fourth-order valence-electron chi connectivity index (χ4n) is 3.37. The van der Waals surface area contributed by atoms with Crippen molar-refractivity contribution in [3.05, 3.63) is 72.6 Å². The lowest BCUT2D eigenvalue weighted by Gasteiger charge is -2.36. The monoisotopic (exact) mass is 397 g/mol. The summed E-state index contributed by atoms with van der Waals surface area (Å²) in [6, 6.07) is 12.8. The van der Waals surface area contributed by atoms with E-state index in [9.17, 15) is 13.6 Å². The third-order valence-corrected chi connectivity index (χ3v) is 4.97. The van der Waals surface area contributed by atoms with Crippen LogP contribution < -0.4 is 10.2 Å². The summed E-state index contributed by atoms with van der Waals surface area (Å²) in [5.74, 6) is -0.720. The minimum absolute atomic E-state index is 0.0414. The van der Waals surface area contributed by atoms with Crippen molar-refractivity contribution < 1.29 is 13.6 Å². The SMILES string of the molecule is O=C(CNc1ccc(-n2cccn2)c(F)c1)N1CCN(c2ccc(F)cc2)CC1. The summed E-state index contributed by atoms with van der Waals surface area (Å²) in [6.07, 6.45) is 3.25. The summed E-state index contributed by atoms with van der Waals surface area (Å²) in [7, 11) is 0. The summed E-state index contributed by atoms with van der Waals surface area (Å²) in [6.45, 7) is 2.64. The van der Waals surface area contributed by atoms with Gasteiger partial charge in [0.05, 0.1) is 6.54 Å². The first-order valence-electron chi connectivity index (χ1n) is 9.42. The molecule has 0 saturated carbocycles. The Balaban J connectivity index is 1.29. The van der Waals surface area contributed by atoms with Gasteiger partial charge in [0.2, 0.25) is 5.91 Å². The van der Waals surface area contributed by atoms with Crippen LogP contribution in [0.5, 0.6) is 0 Å². The molecule has 1 aromatic heterocycles. The van der Waals surface area contributed by atoms with Crippen LogP contribution in [0.3, 0.4) is 0 Å². The second-order valence-electron chi connectivity index (χ2n) is 6.81. The number of carbonyl (C=O) groups is 1. The van der Waals surface area contributed by atoms with Gasteiger partial charge in [0.15, 0.2) is 5.82 Å². The van der Waals surface area contributed by atoms with Gasteiger partial charge >= 0.3 is 0 Å². The van der Waals surface area contributed by atoms with Crippen molar-refractivity contribution in [2.45, 2.75) is 0 Å². The topological polar surface area (TPSA) is 53.4 Å². The molecule has 0 radical (unpaired) electrons. The molecule has 0 spiro atoms. The van der Waals surface area contributed by atoms with Gasteiger partial charge in [-0.15, -0.1) is 0 Å². The average molecular weight is 397 g/mol. The lowest BCUT2D eigenvalue weighted by molar-refractivity contribution is -0.129. The van der Waals surface area contributed by atoms with E-state index >= 15 is 0 Å². The Morgan fingerprint density at radius 2 is 1.79 bits per heavy atom. The fourth-order valence-corrected chi connectivity index (χ4v) is 3.37. The highest BCUT2D eigenvalue weighted by atomic mass is 19.1. The quantitative estimate of drug-likeness (QED) is 0.719. The maximum Gasteiger partial charge on any atom is 0.241 e. The molecule has 1 aliphatic heterocycles. The van der Waals surface area contributed by atoms with E-state index in [2.05, 4.69) is 15.3 Å². The number of benzene rings is 2. The summed E-state index contributed by atoms with van der Waals surface area (Å²) in [5, 5.41) is 7.01. The maximum absolute atomic E-state index is 14.3. The lowest BCUT2D eigenvalue weighted by Crippen LogP contribution is -2.50. The number of hydrogen-bond donors (Lipinski definition) is 1. The van der Waals surface area contributed by atoms with Gasteiger partial charge in [0.25, 0.3) is 0 Å². The van der Waals surface area contributed by atoms with Crippen LogP contribution in [0.2, 0.25) is 0 Å². The highest BCUT2D eigenvalue weighted by molar-refractivity contribution is 5.81. The van der Waals surface area contributed by atoms with E-state index in [-0.39, 0.29) is 18.3 Å². The van der Waals surface area contributed by atoms with Crippen LogP contribution in [-0.4, -0.2) is 53.3 Å². The molecule has 1 N–H and O–H groups in total. The van der Waals surface area contributed by atoms with Gasteiger partial charge in [-0.3, -0.25) is 4.79 Å². The molecule has 8 heteroatoms. The summed E-state index contributed by atoms with van der Waals surface area (Å²) < 4.78 is 28.8. The zero-order chi connectivity index (χ0) is 20.2. The number of piperazine rings is 1. The number of nitrogens with zero attached hydrogens (tertiary/aromatic N) is 4. The zero-order valence-corrected chi connectivity index (χ0v) is 15.8. The Morgan fingerprint density at radius 1 is 1.03 bits per heavy atom. The van der Waals surface area contributed by atoms with Crippen LogP contribution >= 0.6 is 0 Å². The number of hydrogen-bond acceptors (Lipinski definition) is 4. The fraction of sp³-hybridized carbons (Fsp3) is 0.238. The second kappa shape index (κ2) is 8.30. The van der Waals surface area contributed by atoms with Gasteiger partial charge in [0.1, 0.15) is 11.5 Å². The first-order chi connectivity index (χ1) is 14.1. The molecule has 3 aromatic rings. The molecule has 29 heavy (non-hydrogen) atoms. The van der Waals surface area contributed by atoms with Gasteiger partial charge in [0, 0.05) is 49.9 Å². The first-order valence-corrected chi connectivity index (χ1v) is 9.42. The predicted molar refractivity (Wildman–Crippen MR) is 107 cm³/mol. The van der Waals surface area contributed by atoms with Crippen LogP contribution in [0.25, 0.3) is 5.69 Å². The molecular weight excluding hydrogens is 376 g/mol. The molecule has 1 fully saturated rings. The number of nitrogens with one attached hydrogen (secondary N) is 1. The highest BCUT2D eigenvalue weighted by Gasteiger charge is 2.21. The molecule has 4 rings (SSSR count). The van der Waals surface area contributed by atoms with Crippen molar-refractivity contribution in [3.8, 4) is 5.69 Å². The molecule has 1 amide bonds. The maximum atomic E-state index is 14.3. The minimum atomic E-state index is -0.418. The molecule has 0 aliphatic carbocycles. The van der Waals surface area contributed by atoms with Crippen molar-refractivity contribution in [2.24, 2.45) is 0 Å². The van der Waals surface area contributed by atoms with E-state index in [1.54, 1.807) is 47.6 Å². The van der Waals surface area contributed by atoms with Gasteiger partial charge < -0.3 is 15.1 Å². The molecule has 1 aliphatic rings. The Morgan fingerprint density at radius 3 is 2.45 bits per heavy atom. The summed E-state index contributed by atoms with van der Waals surface area (Å²) in [5.41, 5.74) is 1.84. The highest BCUT2D eigenvalue weighted by Crippen LogP contribution is 2.19. The third-order valence-electron chi connectivity index (χ3n) is 4.97. The number of anilines is 2. The number of aromatic nitrogens is 2. The number of rotatable bonds is 5. The van der Waals surface area contributed by atoms with Gasteiger partial charge in [-0.25, -0.2) is 13.5 Å². The molecule has 1 saturated heterocycles. The molecule has 0 unspecified atom stereocenters. The number of carbonyl (C=O) groups excluding carboxylic acids is 1. The van der Waals surface area contributed by atoms with E-state index in [1.807, 2.05) is 0 Å². The third kappa shape index (κ3) is 4.37. The van der Waals surface area contributed by atoms with E-state index in [4.69, 9.17) is 0 Å². The summed E-state index contributed by atoms with van der Waals surface area (Å²) >= 11 is 0. The number of halogens is 2. The van der Waals surface area contributed by atoms with Crippen molar-refractivity contribution in [1.82, 2.24) is 14.7 Å². The van der Waals surface area contributed by atoms with Crippen LogP contribution in [0, 0.1) is 11.6 Å². The van der Waals surface area contributed by atoms with E-state index in [1.165, 1.54) is 22.9 Å². The van der Waals surface area contributed by atoms with Crippen molar-refractivity contribution in [1.29, 1.82) is 0 Å².